The van der Waals surface area contributed by atoms with Gasteiger partial charge in [0.05, 0.1) is 23.5 Å². The summed E-state index contributed by atoms with van der Waals surface area (Å²) in [6.07, 6.45) is 1.74. The fourth-order valence-electron chi connectivity index (χ4n) is 2.35. The Morgan fingerprint density at radius 1 is 1.16 bits per heavy atom. The number of hydrogen-bond acceptors (Lipinski definition) is 3. The van der Waals surface area contributed by atoms with Crippen molar-refractivity contribution in [2.45, 2.75) is 26.0 Å². The predicted molar refractivity (Wildman–Crippen MR) is 76.1 cm³/mol. The molecule has 0 amide bonds. The summed E-state index contributed by atoms with van der Waals surface area (Å²) in [5, 5.41) is 4.36. The Bertz CT molecular complexity index is 507. The van der Waals surface area contributed by atoms with Crippen molar-refractivity contribution < 1.29 is 4.74 Å². The van der Waals surface area contributed by atoms with E-state index >= 15 is 0 Å². The Balaban J connectivity index is 2.34. The van der Waals surface area contributed by atoms with Crippen molar-refractivity contribution in [3.63, 3.8) is 0 Å². The minimum absolute atomic E-state index is 0.0286. The van der Waals surface area contributed by atoms with Gasteiger partial charge in [0.25, 0.3) is 0 Å². The highest BCUT2D eigenvalue weighted by Crippen LogP contribution is 2.23. The molecular weight excluding hydrogens is 238 g/mol. The van der Waals surface area contributed by atoms with Crippen LogP contribution in [0.3, 0.4) is 0 Å². The van der Waals surface area contributed by atoms with E-state index in [4.69, 9.17) is 10.5 Å². The molecule has 102 valence electrons. The van der Waals surface area contributed by atoms with Crippen LogP contribution in [0, 0.1) is 5.92 Å². The molecule has 0 aliphatic heterocycles. The van der Waals surface area contributed by atoms with Gasteiger partial charge in [0.1, 0.15) is 0 Å². The Kier molecular flexibility index (Phi) is 4.35. The lowest BCUT2D eigenvalue weighted by molar-refractivity contribution is 0.0420. The molecule has 2 aromatic rings. The van der Waals surface area contributed by atoms with Gasteiger partial charge in [0.2, 0.25) is 0 Å². The minimum atomic E-state index is -0.201. The van der Waals surface area contributed by atoms with Crippen LogP contribution in [0.1, 0.15) is 25.6 Å². The number of ether oxygens (including phenoxy) is 1. The molecule has 0 bridgehead atoms. The van der Waals surface area contributed by atoms with Gasteiger partial charge < -0.3 is 10.5 Å². The van der Waals surface area contributed by atoms with Crippen LogP contribution in [-0.4, -0.2) is 23.0 Å². The van der Waals surface area contributed by atoms with E-state index in [1.165, 1.54) is 0 Å². The normalized spacial score (nSPS) is 14.6. The first-order valence-corrected chi connectivity index (χ1v) is 6.53. The summed E-state index contributed by atoms with van der Waals surface area (Å²) in [6.45, 7) is 4.22. The summed E-state index contributed by atoms with van der Waals surface area (Å²) in [4.78, 5) is 0. The highest BCUT2D eigenvalue weighted by molar-refractivity contribution is 5.33. The molecule has 1 heterocycles. The zero-order valence-corrected chi connectivity index (χ0v) is 11.7. The summed E-state index contributed by atoms with van der Waals surface area (Å²) >= 11 is 0. The minimum Gasteiger partial charge on any atom is -0.379 e. The maximum Gasteiger partial charge on any atom is 0.0802 e. The number of para-hydroxylation sites is 1. The number of hydrogen-bond donors (Lipinski definition) is 1. The van der Waals surface area contributed by atoms with Crippen LogP contribution in [0.25, 0.3) is 5.69 Å². The lowest BCUT2D eigenvalue weighted by Gasteiger charge is -2.26. The monoisotopic (exact) mass is 259 g/mol. The molecule has 0 saturated carbocycles. The summed E-state index contributed by atoms with van der Waals surface area (Å²) < 4.78 is 7.40. The lowest BCUT2D eigenvalue weighted by atomic mass is 9.97. The molecule has 1 aromatic carbocycles. The van der Waals surface area contributed by atoms with Crippen LogP contribution in [0.2, 0.25) is 0 Å². The van der Waals surface area contributed by atoms with Crippen molar-refractivity contribution in [1.29, 1.82) is 0 Å². The topological polar surface area (TPSA) is 53.1 Å². The van der Waals surface area contributed by atoms with Crippen molar-refractivity contribution in [2.75, 3.05) is 7.11 Å². The Morgan fingerprint density at radius 2 is 1.84 bits per heavy atom. The van der Waals surface area contributed by atoms with E-state index in [2.05, 4.69) is 18.9 Å². The second kappa shape index (κ2) is 5.99. The van der Waals surface area contributed by atoms with E-state index in [-0.39, 0.29) is 12.1 Å². The van der Waals surface area contributed by atoms with Crippen LogP contribution in [-0.2, 0) is 4.74 Å². The summed E-state index contributed by atoms with van der Waals surface area (Å²) in [7, 11) is 1.70. The molecule has 2 atom stereocenters. The van der Waals surface area contributed by atoms with E-state index in [0.29, 0.717) is 5.92 Å². The van der Waals surface area contributed by atoms with Crippen LogP contribution >= 0.6 is 0 Å². The zero-order chi connectivity index (χ0) is 13.8. The fourth-order valence-corrected chi connectivity index (χ4v) is 2.35. The number of aromatic nitrogens is 2. The first-order valence-electron chi connectivity index (χ1n) is 6.53. The number of rotatable bonds is 5. The van der Waals surface area contributed by atoms with Crippen molar-refractivity contribution in [3.8, 4) is 5.69 Å². The van der Waals surface area contributed by atoms with Gasteiger partial charge in [0, 0.05) is 13.3 Å². The summed E-state index contributed by atoms with van der Waals surface area (Å²) in [5.41, 5.74) is 8.32. The van der Waals surface area contributed by atoms with Crippen molar-refractivity contribution in [2.24, 2.45) is 11.7 Å². The van der Waals surface area contributed by atoms with E-state index in [1.807, 2.05) is 41.1 Å². The smallest absolute Gasteiger partial charge is 0.0802 e. The Morgan fingerprint density at radius 3 is 2.42 bits per heavy atom. The molecule has 2 rings (SSSR count). The van der Waals surface area contributed by atoms with Gasteiger partial charge in [-0.15, -0.1) is 0 Å². The predicted octanol–water partition coefficient (Wildman–Crippen LogP) is 2.54. The maximum atomic E-state index is 6.35. The quantitative estimate of drug-likeness (QED) is 0.897. The van der Waals surface area contributed by atoms with Gasteiger partial charge in [-0.25, -0.2) is 4.68 Å². The number of benzene rings is 1. The van der Waals surface area contributed by atoms with E-state index in [1.54, 1.807) is 13.3 Å². The van der Waals surface area contributed by atoms with Gasteiger partial charge >= 0.3 is 0 Å². The molecule has 2 N–H and O–H groups in total. The van der Waals surface area contributed by atoms with Gasteiger partial charge in [-0.1, -0.05) is 32.0 Å². The molecular formula is C15H21N3O. The van der Waals surface area contributed by atoms with Crippen molar-refractivity contribution >= 4 is 0 Å². The van der Waals surface area contributed by atoms with Crippen molar-refractivity contribution in [1.82, 2.24) is 9.78 Å². The first kappa shape index (κ1) is 13.8. The molecule has 0 spiro atoms. The number of nitrogens with two attached hydrogens (primary N) is 1. The molecule has 0 fully saturated rings. The average molecular weight is 259 g/mol. The maximum absolute atomic E-state index is 6.35. The molecule has 19 heavy (non-hydrogen) atoms. The SMILES string of the molecule is COC(C(C)C)C(N)c1ccnn1-c1ccccc1. The molecule has 1 aromatic heterocycles. The third-order valence-corrected chi connectivity index (χ3v) is 3.30. The Labute approximate surface area is 114 Å². The lowest BCUT2D eigenvalue weighted by Crippen LogP contribution is -2.33. The number of methoxy groups -OCH3 is 1. The van der Waals surface area contributed by atoms with E-state index in [0.717, 1.165) is 11.4 Å². The van der Waals surface area contributed by atoms with Gasteiger partial charge in [-0.05, 0) is 24.1 Å². The first-order chi connectivity index (χ1) is 9.15. The summed E-state index contributed by atoms with van der Waals surface area (Å²) in [5.74, 6) is 0.346. The van der Waals surface area contributed by atoms with E-state index in [9.17, 15) is 0 Å². The zero-order valence-electron chi connectivity index (χ0n) is 11.7. The van der Waals surface area contributed by atoms with Gasteiger partial charge in [0.15, 0.2) is 0 Å². The standard InChI is InChI=1S/C15H21N3O/c1-11(2)15(19-3)14(16)13-9-10-17-18(13)12-7-5-4-6-8-12/h4-11,14-15H,16H2,1-3H3. The highest BCUT2D eigenvalue weighted by Gasteiger charge is 2.25. The van der Waals surface area contributed by atoms with Crippen LogP contribution in [0.5, 0.6) is 0 Å². The third kappa shape index (κ3) is 2.85. The molecule has 0 aliphatic rings. The molecule has 0 radical (unpaired) electrons. The van der Waals surface area contributed by atoms with Gasteiger partial charge in [-0.2, -0.15) is 5.10 Å². The van der Waals surface area contributed by atoms with Crippen LogP contribution in [0.15, 0.2) is 42.6 Å². The highest BCUT2D eigenvalue weighted by atomic mass is 16.5. The molecule has 4 nitrogen and oxygen atoms in total. The van der Waals surface area contributed by atoms with Crippen LogP contribution in [0.4, 0.5) is 0 Å². The Hall–Kier alpha value is -1.65. The second-order valence-corrected chi connectivity index (χ2v) is 4.97. The second-order valence-electron chi connectivity index (χ2n) is 4.97. The molecule has 2 unspecified atom stereocenters. The van der Waals surface area contributed by atoms with E-state index < -0.39 is 0 Å². The average Bonchev–Trinajstić information content (AvgIpc) is 2.89. The van der Waals surface area contributed by atoms with Crippen LogP contribution < -0.4 is 5.73 Å². The van der Waals surface area contributed by atoms with Gasteiger partial charge in [-0.3, -0.25) is 0 Å². The molecule has 4 heteroatoms. The molecule has 0 saturated heterocycles. The number of nitrogens with zero attached hydrogens (tertiary/aromatic N) is 2. The molecule has 0 aliphatic carbocycles. The summed E-state index contributed by atoms with van der Waals surface area (Å²) in [6, 6.07) is 11.7. The largest absolute Gasteiger partial charge is 0.379 e. The third-order valence-electron chi connectivity index (χ3n) is 3.30. The fraction of sp³-hybridized carbons (Fsp3) is 0.400. The van der Waals surface area contributed by atoms with Crippen molar-refractivity contribution in [3.05, 3.63) is 48.3 Å².